The van der Waals surface area contributed by atoms with Crippen LogP contribution in [-0.4, -0.2) is 25.9 Å². The Kier molecular flexibility index (Phi) is 3.63. The van der Waals surface area contributed by atoms with E-state index in [-0.39, 0.29) is 5.78 Å². The van der Waals surface area contributed by atoms with Crippen LogP contribution < -0.4 is 0 Å². The van der Waals surface area contributed by atoms with E-state index in [0.717, 1.165) is 27.1 Å². The fourth-order valence-electron chi connectivity index (χ4n) is 1.56. The van der Waals surface area contributed by atoms with Gasteiger partial charge in [-0.05, 0) is 38.4 Å². The van der Waals surface area contributed by atoms with Crippen molar-refractivity contribution in [1.29, 1.82) is 0 Å². The van der Waals surface area contributed by atoms with Gasteiger partial charge in [0, 0.05) is 17.0 Å². The van der Waals surface area contributed by atoms with Crippen molar-refractivity contribution < 1.29 is 4.79 Å². The van der Waals surface area contributed by atoms with Gasteiger partial charge in [0.2, 0.25) is 0 Å². The van der Waals surface area contributed by atoms with E-state index < -0.39 is 0 Å². The van der Waals surface area contributed by atoms with Gasteiger partial charge in [0.05, 0.1) is 5.75 Å². The summed E-state index contributed by atoms with van der Waals surface area (Å²) in [5.74, 6) is 1.30. The molecule has 0 saturated heterocycles. The van der Waals surface area contributed by atoms with Crippen molar-refractivity contribution in [2.24, 2.45) is 0 Å². The minimum atomic E-state index is 0.129. The average Bonchev–Trinajstić information content (AvgIpc) is 2.81. The smallest absolute Gasteiger partial charge is 0.174 e. The number of aromatic nitrogens is 3. The number of carbonyl (C=O) groups is 1. The number of ketones is 1. The maximum Gasteiger partial charge on any atom is 0.174 e. The van der Waals surface area contributed by atoms with Crippen LogP contribution in [-0.2, 0) is 0 Å². The van der Waals surface area contributed by atoms with Crippen molar-refractivity contribution >= 4 is 29.1 Å². The molecule has 2 rings (SSSR count). The van der Waals surface area contributed by atoms with Crippen molar-refractivity contribution in [2.75, 3.05) is 5.75 Å². The van der Waals surface area contributed by atoms with Crippen LogP contribution in [0.25, 0.3) is 0 Å². The lowest BCUT2D eigenvalue weighted by Crippen LogP contribution is -2.02. The molecule has 0 aromatic carbocycles. The predicted molar refractivity (Wildman–Crippen MR) is 70.0 cm³/mol. The summed E-state index contributed by atoms with van der Waals surface area (Å²) in [5, 5.41) is 0. The minimum absolute atomic E-state index is 0.129. The molecule has 2 heterocycles. The second-order valence-electron chi connectivity index (χ2n) is 3.81. The molecule has 0 aliphatic carbocycles. The molecule has 4 nitrogen and oxygen atoms in total. The Bertz CT molecular complexity index is 545. The molecule has 0 aliphatic rings. The van der Waals surface area contributed by atoms with E-state index in [0.29, 0.717) is 5.75 Å². The van der Waals surface area contributed by atoms with Crippen LogP contribution in [0.4, 0.5) is 0 Å². The molecule has 0 spiro atoms. The van der Waals surface area contributed by atoms with Crippen molar-refractivity contribution in [3.63, 3.8) is 0 Å². The van der Waals surface area contributed by atoms with Crippen LogP contribution in [0.1, 0.15) is 27.6 Å². The third-order valence-electron chi connectivity index (χ3n) is 2.29. The van der Waals surface area contributed by atoms with Gasteiger partial charge in [-0.25, -0.2) is 4.98 Å². The maximum absolute atomic E-state index is 12.0. The van der Waals surface area contributed by atoms with Gasteiger partial charge in [0.15, 0.2) is 10.1 Å². The van der Waals surface area contributed by atoms with Gasteiger partial charge in [0.1, 0.15) is 5.82 Å². The van der Waals surface area contributed by atoms with E-state index in [1.807, 2.05) is 26.8 Å². The number of Topliss-reactive ketones (excluding diaryl/α,β-unsaturated/α-hetero) is 1. The molecule has 0 unspecified atom stereocenters. The molecular weight excluding hydrogens is 254 g/mol. The predicted octanol–water partition coefficient (Wildman–Crippen LogP) is 2.77. The normalized spacial score (nSPS) is 10.8. The van der Waals surface area contributed by atoms with Gasteiger partial charge in [-0.15, -0.1) is 0 Å². The summed E-state index contributed by atoms with van der Waals surface area (Å²) >= 11 is 2.78. The number of H-pyrrole nitrogens is 1. The first-order chi connectivity index (χ1) is 8.06. The molecule has 0 aliphatic heterocycles. The van der Waals surface area contributed by atoms with Crippen molar-refractivity contribution in [3.05, 3.63) is 28.8 Å². The second-order valence-corrected chi connectivity index (χ2v) is 5.78. The molecule has 0 bridgehead atoms. The quantitative estimate of drug-likeness (QED) is 0.683. The van der Waals surface area contributed by atoms with E-state index in [9.17, 15) is 4.79 Å². The number of hydrogen-bond acceptors (Lipinski definition) is 5. The number of thioether (sulfide) groups is 1. The monoisotopic (exact) mass is 267 g/mol. The van der Waals surface area contributed by atoms with Crippen LogP contribution in [0.3, 0.4) is 0 Å². The lowest BCUT2D eigenvalue weighted by atomic mass is 10.2. The van der Waals surface area contributed by atoms with Gasteiger partial charge >= 0.3 is 0 Å². The molecule has 6 heteroatoms. The molecule has 2 aromatic heterocycles. The van der Waals surface area contributed by atoms with Crippen LogP contribution in [0, 0.1) is 20.8 Å². The molecule has 0 atom stereocenters. The zero-order chi connectivity index (χ0) is 12.4. The molecular formula is C11H13N3OS2. The number of nitrogens with zero attached hydrogens (tertiary/aromatic N) is 2. The number of aromatic amines is 1. The van der Waals surface area contributed by atoms with Crippen molar-refractivity contribution in [3.8, 4) is 0 Å². The third kappa shape index (κ3) is 2.95. The largest absolute Gasteiger partial charge is 0.362 e. The molecule has 0 amide bonds. The third-order valence-corrected chi connectivity index (χ3v) is 4.21. The van der Waals surface area contributed by atoms with Gasteiger partial charge < -0.3 is 4.98 Å². The first-order valence-corrected chi connectivity index (χ1v) is 6.94. The summed E-state index contributed by atoms with van der Waals surface area (Å²) < 4.78 is 4.93. The van der Waals surface area contributed by atoms with Crippen molar-refractivity contribution in [2.45, 2.75) is 25.1 Å². The maximum atomic E-state index is 12.0. The highest BCUT2D eigenvalue weighted by molar-refractivity contribution is 8.01. The van der Waals surface area contributed by atoms with Gasteiger partial charge in [0.25, 0.3) is 0 Å². The summed E-state index contributed by atoms with van der Waals surface area (Å²) in [5.41, 5.74) is 2.72. The molecule has 0 fully saturated rings. The number of aryl methyl sites for hydroxylation is 3. The Hall–Kier alpha value is -1.14. The number of rotatable bonds is 4. The molecule has 0 radical (unpaired) electrons. The number of carbonyl (C=O) groups excluding carboxylic acids is 1. The van der Waals surface area contributed by atoms with Crippen LogP contribution in [0.15, 0.2) is 10.4 Å². The van der Waals surface area contributed by atoms with Crippen LogP contribution >= 0.6 is 23.3 Å². The first kappa shape index (κ1) is 12.3. The Labute approximate surface area is 108 Å². The molecule has 2 aromatic rings. The van der Waals surface area contributed by atoms with E-state index >= 15 is 0 Å². The lowest BCUT2D eigenvalue weighted by molar-refractivity contribution is 0.102. The van der Waals surface area contributed by atoms with Gasteiger partial charge in [-0.3, -0.25) is 4.79 Å². The van der Waals surface area contributed by atoms with Gasteiger partial charge in [-0.1, -0.05) is 11.8 Å². The van der Waals surface area contributed by atoms with E-state index in [4.69, 9.17) is 0 Å². The highest BCUT2D eigenvalue weighted by Crippen LogP contribution is 2.22. The van der Waals surface area contributed by atoms with E-state index in [1.165, 1.54) is 23.3 Å². The SMILES string of the molecule is Cc1nsc(SCC(=O)c2cc(C)[nH]c2C)n1. The fourth-order valence-corrected chi connectivity index (χ4v) is 3.09. The Balaban J connectivity index is 2.00. The summed E-state index contributed by atoms with van der Waals surface area (Å²) in [6, 6.07) is 1.89. The molecule has 90 valence electrons. The van der Waals surface area contributed by atoms with Crippen LogP contribution in [0.5, 0.6) is 0 Å². The van der Waals surface area contributed by atoms with Crippen molar-refractivity contribution in [1.82, 2.24) is 14.3 Å². The summed E-state index contributed by atoms with van der Waals surface area (Å²) in [6.07, 6.45) is 0. The topological polar surface area (TPSA) is 58.6 Å². The summed E-state index contributed by atoms with van der Waals surface area (Å²) in [7, 11) is 0. The highest BCUT2D eigenvalue weighted by Gasteiger charge is 2.13. The lowest BCUT2D eigenvalue weighted by Gasteiger charge is -1.97. The summed E-state index contributed by atoms with van der Waals surface area (Å²) in [6.45, 7) is 5.72. The zero-order valence-electron chi connectivity index (χ0n) is 9.90. The molecule has 1 N–H and O–H groups in total. The second kappa shape index (κ2) is 5.01. The highest BCUT2D eigenvalue weighted by atomic mass is 32.2. The van der Waals surface area contributed by atoms with E-state index in [2.05, 4.69) is 14.3 Å². The zero-order valence-corrected chi connectivity index (χ0v) is 11.5. The Morgan fingerprint density at radius 1 is 1.47 bits per heavy atom. The minimum Gasteiger partial charge on any atom is -0.362 e. The Morgan fingerprint density at radius 3 is 2.76 bits per heavy atom. The van der Waals surface area contributed by atoms with Crippen LogP contribution in [0.2, 0.25) is 0 Å². The number of nitrogens with one attached hydrogen (secondary N) is 1. The molecule has 17 heavy (non-hydrogen) atoms. The summed E-state index contributed by atoms with van der Waals surface area (Å²) in [4.78, 5) is 19.3. The first-order valence-electron chi connectivity index (χ1n) is 5.19. The standard InChI is InChI=1S/C11H13N3OS2/c1-6-4-9(7(2)12-6)10(15)5-16-11-13-8(3)14-17-11/h4,12H,5H2,1-3H3. The number of hydrogen-bond donors (Lipinski definition) is 1. The molecule has 0 saturated carbocycles. The average molecular weight is 267 g/mol. The fraction of sp³-hybridized carbons (Fsp3) is 0.364. The Morgan fingerprint density at radius 2 is 2.24 bits per heavy atom. The van der Waals surface area contributed by atoms with E-state index in [1.54, 1.807) is 0 Å². The van der Waals surface area contributed by atoms with Gasteiger partial charge in [-0.2, -0.15) is 4.37 Å².